The fourth-order valence-corrected chi connectivity index (χ4v) is 2.39. The summed E-state index contributed by atoms with van der Waals surface area (Å²) in [5.74, 6) is -0.715. The molecule has 0 saturated carbocycles. The van der Waals surface area contributed by atoms with Crippen molar-refractivity contribution in [2.24, 2.45) is 0 Å². The summed E-state index contributed by atoms with van der Waals surface area (Å²) in [5, 5.41) is 2.90. The number of nitrogens with one attached hydrogen (secondary N) is 2. The van der Waals surface area contributed by atoms with Crippen LogP contribution in [0.3, 0.4) is 0 Å². The van der Waals surface area contributed by atoms with Crippen LogP contribution in [-0.2, 0) is 4.74 Å². The number of rotatable bonds is 4. The van der Waals surface area contributed by atoms with Crippen molar-refractivity contribution in [2.45, 2.75) is 26.8 Å². The van der Waals surface area contributed by atoms with Gasteiger partial charge in [-0.3, -0.25) is 9.78 Å². The molecule has 0 bridgehead atoms. The lowest BCUT2D eigenvalue weighted by Crippen LogP contribution is -2.27. The first-order valence-corrected chi connectivity index (χ1v) is 6.94. The second-order valence-electron chi connectivity index (χ2n) is 5.09. The minimum absolute atomic E-state index is 0.167. The number of H-pyrrole nitrogens is 1. The van der Waals surface area contributed by atoms with Gasteiger partial charge in [-0.2, -0.15) is 0 Å². The molecule has 2 aromatic heterocycles. The number of ether oxygens (including phenoxy) is 1. The molecule has 0 aliphatic carbocycles. The monoisotopic (exact) mass is 301 g/mol. The first kappa shape index (κ1) is 15.8. The Morgan fingerprint density at radius 3 is 2.50 bits per heavy atom. The molecular weight excluding hydrogens is 282 g/mol. The van der Waals surface area contributed by atoms with Gasteiger partial charge in [-0.05, 0) is 44.0 Å². The Kier molecular flexibility index (Phi) is 4.60. The summed E-state index contributed by atoms with van der Waals surface area (Å²) in [6.07, 6.45) is 3.36. The Bertz CT molecular complexity index is 692. The summed E-state index contributed by atoms with van der Waals surface area (Å²) in [5.41, 5.74) is 2.94. The lowest BCUT2D eigenvalue weighted by atomic mass is 10.1. The molecule has 6 nitrogen and oxygen atoms in total. The molecule has 2 rings (SSSR count). The maximum absolute atomic E-state index is 12.4. The van der Waals surface area contributed by atoms with Gasteiger partial charge < -0.3 is 15.0 Å². The van der Waals surface area contributed by atoms with Crippen molar-refractivity contribution in [3.8, 4) is 0 Å². The highest BCUT2D eigenvalue weighted by Gasteiger charge is 2.23. The molecule has 0 unspecified atom stereocenters. The Morgan fingerprint density at radius 2 is 1.91 bits per heavy atom. The van der Waals surface area contributed by atoms with E-state index in [9.17, 15) is 9.59 Å². The van der Waals surface area contributed by atoms with E-state index in [1.54, 1.807) is 26.2 Å². The quantitative estimate of drug-likeness (QED) is 0.849. The summed E-state index contributed by atoms with van der Waals surface area (Å²) >= 11 is 0. The number of esters is 1. The number of carbonyl (C=O) groups excluding carboxylic acids is 2. The maximum atomic E-state index is 12.4. The molecule has 2 N–H and O–H groups in total. The predicted octanol–water partition coefficient (Wildman–Crippen LogP) is 2.30. The normalized spacial score (nSPS) is 11.8. The molecule has 6 heteroatoms. The van der Waals surface area contributed by atoms with Gasteiger partial charge in [0.15, 0.2) is 0 Å². The van der Waals surface area contributed by atoms with Gasteiger partial charge in [-0.15, -0.1) is 0 Å². The van der Waals surface area contributed by atoms with Gasteiger partial charge in [0.25, 0.3) is 5.91 Å². The number of nitrogens with zero attached hydrogens (tertiary/aromatic N) is 1. The number of aryl methyl sites for hydroxylation is 1. The molecule has 2 heterocycles. The molecule has 0 radical (unpaired) electrons. The smallest absolute Gasteiger partial charge is 0.339 e. The Balaban J connectivity index is 2.22. The van der Waals surface area contributed by atoms with E-state index in [2.05, 4.69) is 15.3 Å². The molecule has 0 aliphatic heterocycles. The minimum Gasteiger partial charge on any atom is -0.465 e. The molecule has 0 fully saturated rings. The molecule has 0 aromatic carbocycles. The third-order valence-corrected chi connectivity index (χ3v) is 3.61. The summed E-state index contributed by atoms with van der Waals surface area (Å²) in [4.78, 5) is 31.1. The number of aromatic nitrogens is 2. The SMILES string of the molecule is COC(=O)c1c(C)[nH]c(C(=O)N[C@H](C)c2ccncc2)c1C. The molecule has 0 spiro atoms. The Labute approximate surface area is 128 Å². The first-order chi connectivity index (χ1) is 10.5. The number of hydrogen-bond acceptors (Lipinski definition) is 4. The average molecular weight is 301 g/mol. The number of carbonyl (C=O) groups is 2. The Morgan fingerprint density at radius 1 is 1.27 bits per heavy atom. The van der Waals surface area contributed by atoms with Crippen molar-refractivity contribution < 1.29 is 14.3 Å². The van der Waals surface area contributed by atoms with E-state index in [0.29, 0.717) is 22.5 Å². The molecule has 0 saturated heterocycles. The number of aromatic amines is 1. The first-order valence-electron chi connectivity index (χ1n) is 6.94. The van der Waals surface area contributed by atoms with E-state index in [4.69, 9.17) is 4.74 Å². The maximum Gasteiger partial charge on any atom is 0.339 e. The molecule has 0 aliphatic rings. The van der Waals surface area contributed by atoms with Gasteiger partial charge in [-0.1, -0.05) is 0 Å². The highest BCUT2D eigenvalue weighted by atomic mass is 16.5. The number of pyridine rings is 1. The van der Waals surface area contributed by atoms with Gasteiger partial charge in [0.2, 0.25) is 0 Å². The largest absolute Gasteiger partial charge is 0.465 e. The van der Waals surface area contributed by atoms with E-state index in [1.807, 2.05) is 19.1 Å². The van der Waals surface area contributed by atoms with E-state index in [1.165, 1.54) is 7.11 Å². The van der Waals surface area contributed by atoms with Crippen LogP contribution in [0.15, 0.2) is 24.5 Å². The van der Waals surface area contributed by atoms with Crippen molar-refractivity contribution in [1.82, 2.24) is 15.3 Å². The van der Waals surface area contributed by atoms with Gasteiger partial charge in [0.1, 0.15) is 5.69 Å². The molecule has 22 heavy (non-hydrogen) atoms. The zero-order valence-electron chi connectivity index (χ0n) is 13.1. The standard InChI is InChI=1S/C16H19N3O3/c1-9-13(16(21)22-4)11(3)18-14(9)15(20)19-10(2)12-5-7-17-8-6-12/h5-8,10,18H,1-4H3,(H,19,20)/t10-/m1/s1. The zero-order chi connectivity index (χ0) is 16.3. The fraction of sp³-hybridized carbons (Fsp3) is 0.312. The molecule has 2 aromatic rings. The van der Waals surface area contributed by atoms with Gasteiger partial charge >= 0.3 is 5.97 Å². The van der Waals surface area contributed by atoms with Crippen LogP contribution in [0.1, 0.15) is 50.6 Å². The van der Waals surface area contributed by atoms with Crippen molar-refractivity contribution in [1.29, 1.82) is 0 Å². The molecule has 116 valence electrons. The summed E-state index contributed by atoms with van der Waals surface area (Å²) < 4.78 is 4.74. The fourth-order valence-electron chi connectivity index (χ4n) is 2.39. The Hall–Kier alpha value is -2.63. The third kappa shape index (κ3) is 3.00. The second kappa shape index (κ2) is 6.43. The van der Waals surface area contributed by atoms with Crippen LogP contribution >= 0.6 is 0 Å². The molecule has 1 atom stereocenters. The highest BCUT2D eigenvalue weighted by Crippen LogP contribution is 2.20. The van der Waals surface area contributed by atoms with E-state index < -0.39 is 5.97 Å². The topological polar surface area (TPSA) is 84.1 Å². The van der Waals surface area contributed by atoms with Crippen LogP contribution in [0, 0.1) is 13.8 Å². The van der Waals surface area contributed by atoms with Gasteiger partial charge in [-0.25, -0.2) is 4.79 Å². The molecular formula is C16H19N3O3. The third-order valence-electron chi connectivity index (χ3n) is 3.61. The lowest BCUT2D eigenvalue weighted by Gasteiger charge is -2.13. The number of hydrogen-bond donors (Lipinski definition) is 2. The highest BCUT2D eigenvalue weighted by molar-refractivity contribution is 6.00. The summed E-state index contributed by atoms with van der Waals surface area (Å²) in [6, 6.07) is 3.52. The predicted molar refractivity (Wildman–Crippen MR) is 81.7 cm³/mol. The van der Waals surface area contributed by atoms with Crippen LogP contribution in [-0.4, -0.2) is 29.0 Å². The lowest BCUT2D eigenvalue weighted by molar-refractivity contribution is 0.0599. The van der Waals surface area contributed by atoms with Crippen LogP contribution in [0.5, 0.6) is 0 Å². The van der Waals surface area contributed by atoms with Gasteiger partial charge in [0.05, 0.1) is 18.7 Å². The van der Waals surface area contributed by atoms with Crippen molar-refractivity contribution in [2.75, 3.05) is 7.11 Å². The minimum atomic E-state index is -0.451. The van der Waals surface area contributed by atoms with Crippen LogP contribution < -0.4 is 5.32 Å². The van der Waals surface area contributed by atoms with Crippen molar-refractivity contribution in [3.63, 3.8) is 0 Å². The number of amides is 1. The summed E-state index contributed by atoms with van der Waals surface area (Å²) in [7, 11) is 1.32. The van der Waals surface area contributed by atoms with Crippen molar-refractivity contribution >= 4 is 11.9 Å². The number of methoxy groups -OCH3 is 1. The summed E-state index contributed by atoms with van der Waals surface area (Å²) in [6.45, 7) is 5.35. The van der Waals surface area contributed by atoms with E-state index >= 15 is 0 Å². The van der Waals surface area contributed by atoms with Gasteiger partial charge in [0, 0.05) is 18.1 Å². The van der Waals surface area contributed by atoms with E-state index in [0.717, 1.165) is 5.56 Å². The van der Waals surface area contributed by atoms with Crippen LogP contribution in [0.2, 0.25) is 0 Å². The van der Waals surface area contributed by atoms with Crippen LogP contribution in [0.4, 0.5) is 0 Å². The molecule has 1 amide bonds. The second-order valence-corrected chi connectivity index (χ2v) is 5.09. The van der Waals surface area contributed by atoms with Crippen LogP contribution in [0.25, 0.3) is 0 Å². The zero-order valence-corrected chi connectivity index (χ0v) is 13.1. The van der Waals surface area contributed by atoms with E-state index in [-0.39, 0.29) is 11.9 Å². The average Bonchev–Trinajstić information content (AvgIpc) is 2.82. The van der Waals surface area contributed by atoms with Crippen molar-refractivity contribution in [3.05, 3.63) is 52.6 Å².